The second kappa shape index (κ2) is 3.90. The quantitative estimate of drug-likeness (QED) is 0.848. The highest BCUT2D eigenvalue weighted by Gasteiger charge is 2.13. The number of anilines is 1. The van der Waals surface area contributed by atoms with Crippen molar-refractivity contribution in [2.24, 2.45) is 0 Å². The molecule has 0 aromatic carbocycles. The summed E-state index contributed by atoms with van der Waals surface area (Å²) in [7, 11) is 0. The highest BCUT2D eigenvalue weighted by molar-refractivity contribution is 6.33. The summed E-state index contributed by atoms with van der Waals surface area (Å²) < 4.78 is 1.80. The molecule has 0 radical (unpaired) electrons. The van der Waals surface area contributed by atoms with Gasteiger partial charge in [0.05, 0.1) is 16.9 Å². The first-order valence-corrected chi connectivity index (χ1v) is 5.04. The lowest BCUT2D eigenvalue weighted by Crippen LogP contribution is -2.02. The number of nitrogens with two attached hydrogens (primary N) is 1. The first-order chi connectivity index (χ1) is 7.24. The van der Waals surface area contributed by atoms with Gasteiger partial charge in [0, 0.05) is 18.3 Å². The summed E-state index contributed by atoms with van der Waals surface area (Å²) in [4.78, 5) is 4.03. The summed E-state index contributed by atoms with van der Waals surface area (Å²) in [6.07, 6.45) is 3.27. The molecule has 0 atom stereocenters. The molecule has 0 saturated carbocycles. The Hall–Kier alpha value is -1.55. The number of aryl methyl sites for hydroxylation is 1. The van der Waals surface area contributed by atoms with Crippen molar-refractivity contribution in [1.29, 1.82) is 0 Å². The molecule has 2 rings (SSSR count). The van der Waals surface area contributed by atoms with Gasteiger partial charge in [0.25, 0.3) is 0 Å². The van der Waals surface area contributed by atoms with Crippen LogP contribution in [0.4, 0.5) is 5.82 Å². The Balaban J connectivity index is 2.63. The number of nitrogen functional groups attached to an aromatic ring is 1. The van der Waals surface area contributed by atoms with E-state index in [-0.39, 0.29) is 0 Å². The Kier molecular flexibility index (Phi) is 2.60. The number of hydrogen-bond donors (Lipinski definition) is 1. The van der Waals surface area contributed by atoms with Crippen molar-refractivity contribution in [3.8, 4) is 11.3 Å². The average Bonchev–Trinajstić information content (AvgIpc) is 2.60. The molecule has 5 heteroatoms. The predicted molar refractivity (Wildman–Crippen MR) is 60.6 cm³/mol. The van der Waals surface area contributed by atoms with E-state index in [9.17, 15) is 0 Å². The third-order valence-electron chi connectivity index (χ3n) is 2.19. The highest BCUT2D eigenvalue weighted by atomic mass is 35.5. The van der Waals surface area contributed by atoms with E-state index in [2.05, 4.69) is 10.1 Å². The van der Waals surface area contributed by atoms with E-state index in [1.165, 1.54) is 0 Å². The second-order valence-corrected chi connectivity index (χ2v) is 3.50. The van der Waals surface area contributed by atoms with Gasteiger partial charge in [-0.3, -0.25) is 4.68 Å². The van der Waals surface area contributed by atoms with Crippen LogP contribution < -0.4 is 5.73 Å². The second-order valence-electron chi connectivity index (χ2n) is 3.09. The third kappa shape index (κ3) is 1.68. The minimum Gasteiger partial charge on any atom is -0.383 e. The summed E-state index contributed by atoms with van der Waals surface area (Å²) in [6.45, 7) is 2.75. The minimum atomic E-state index is 0.467. The van der Waals surface area contributed by atoms with Gasteiger partial charge in [-0.1, -0.05) is 11.6 Å². The van der Waals surface area contributed by atoms with E-state index in [0.29, 0.717) is 10.8 Å². The Morgan fingerprint density at radius 2 is 2.33 bits per heavy atom. The monoisotopic (exact) mass is 222 g/mol. The molecule has 4 nitrogen and oxygen atoms in total. The van der Waals surface area contributed by atoms with Crippen molar-refractivity contribution in [2.45, 2.75) is 13.5 Å². The van der Waals surface area contributed by atoms with Gasteiger partial charge in [-0.05, 0) is 19.1 Å². The maximum atomic E-state index is 6.06. The Labute approximate surface area is 92.7 Å². The van der Waals surface area contributed by atoms with Gasteiger partial charge in [0.2, 0.25) is 0 Å². The lowest BCUT2D eigenvalue weighted by molar-refractivity contribution is 0.667. The van der Waals surface area contributed by atoms with Crippen molar-refractivity contribution in [2.75, 3.05) is 5.73 Å². The predicted octanol–water partition coefficient (Wildman–Crippen LogP) is 2.20. The molecule has 78 valence electrons. The number of nitrogens with zero attached hydrogens (tertiary/aromatic N) is 3. The van der Waals surface area contributed by atoms with Gasteiger partial charge in [-0.25, -0.2) is 4.98 Å². The standard InChI is InChI=1S/C10H11ClN4/c1-2-15-9(8(11)6-14-15)7-4-3-5-13-10(7)12/h3-6H,2H2,1H3,(H2,12,13). The molecule has 2 N–H and O–H groups in total. The van der Waals surface area contributed by atoms with Crippen LogP contribution in [0.15, 0.2) is 24.5 Å². The van der Waals surface area contributed by atoms with E-state index in [4.69, 9.17) is 17.3 Å². The zero-order valence-electron chi connectivity index (χ0n) is 8.31. The smallest absolute Gasteiger partial charge is 0.132 e. The molecule has 0 amide bonds. The van der Waals surface area contributed by atoms with Crippen molar-refractivity contribution >= 4 is 17.4 Å². The third-order valence-corrected chi connectivity index (χ3v) is 2.46. The average molecular weight is 223 g/mol. The van der Waals surface area contributed by atoms with Crippen LogP contribution in [-0.2, 0) is 6.54 Å². The van der Waals surface area contributed by atoms with E-state index < -0.39 is 0 Å². The van der Waals surface area contributed by atoms with Gasteiger partial charge < -0.3 is 5.73 Å². The first kappa shape index (κ1) is 9.98. The van der Waals surface area contributed by atoms with Crippen LogP contribution in [0.5, 0.6) is 0 Å². The maximum Gasteiger partial charge on any atom is 0.132 e. The van der Waals surface area contributed by atoms with Crippen LogP contribution >= 0.6 is 11.6 Å². The summed E-state index contributed by atoms with van der Waals surface area (Å²) in [6, 6.07) is 3.71. The topological polar surface area (TPSA) is 56.7 Å². The van der Waals surface area contributed by atoms with Gasteiger partial charge >= 0.3 is 0 Å². The van der Waals surface area contributed by atoms with Gasteiger partial charge in [-0.15, -0.1) is 0 Å². The molecule has 2 heterocycles. The van der Waals surface area contributed by atoms with Crippen LogP contribution in [0, 0.1) is 0 Å². The molecule has 2 aromatic rings. The fourth-order valence-electron chi connectivity index (χ4n) is 1.49. The number of pyridine rings is 1. The van der Waals surface area contributed by atoms with Gasteiger partial charge in [-0.2, -0.15) is 5.10 Å². The van der Waals surface area contributed by atoms with Crippen molar-refractivity contribution in [3.05, 3.63) is 29.5 Å². The fraction of sp³-hybridized carbons (Fsp3) is 0.200. The van der Waals surface area contributed by atoms with Crippen LogP contribution in [-0.4, -0.2) is 14.8 Å². The fourth-order valence-corrected chi connectivity index (χ4v) is 1.73. The van der Waals surface area contributed by atoms with E-state index in [0.717, 1.165) is 17.8 Å². The molecule has 0 spiro atoms. The van der Waals surface area contributed by atoms with Gasteiger partial charge in [0.1, 0.15) is 5.82 Å². The van der Waals surface area contributed by atoms with Crippen molar-refractivity contribution in [1.82, 2.24) is 14.8 Å². The molecular weight excluding hydrogens is 212 g/mol. The van der Waals surface area contributed by atoms with E-state index >= 15 is 0 Å². The van der Waals surface area contributed by atoms with Crippen molar-refractivity contribution < 1.29 is 0 Å². The summed E-state index contributed by atoms with van der Waals surface area (Å²) in [5.41, 5.74) is 7.44. The minimum absolute atomic E-state index is 0.467. The number of hydrogen-bond acceptors (Lipinski definition) is 3. The lowest BCUT2D eigenvalue weighted by Gasteiger charge is -2.07. The summed E-state index contributed by atoms with van der Waals surface area (Å²) in [5.74, 6) is 0.467. The number of aromatic nitrogens is 3. The number of rotatable bonds is 2. The van der Waals surface area contributed by atoms with Gasteiger partial charge in [0.15, 0.2) is 0 Å². The molecule has 0 unspecified atom stereocenters. The molecule has 0 saturated heterocycles. The highest BCUT2D eigenvalue weighted by Crippen LogP contribution is 2.30. The zero-order valence-corrected chi connectivity index (χ0v) is 9.07. The van der Waals surface area contributed by atoms with E-state index in [1.807, 2.05) is 19.1 Å². The number of halogens is 1. The van der Waals surface area contributed by atoms with Crippen LogP contribution in [0.3, 0.4) is 0 Å². The molecular formula is C10H11ClN4. The molecule has 2 aromatic heterocycles. The summed E-state index contributed by atoms with van der Waals surface area (Å²) in [5, 5.41) is 4.75. The Morgan fingerprint density at radius 1 is 1.53 bits per heavy atom. The van der Waals surface area contributed by atoms with Crippen LogP contribution in [0.1, 0.15) is 6.92 Å². The Morgan fingerprint density at radius 3 is 3.00 bits per heavy atom. The molecule has 0 aliphatic rings. The largest absolute Gasteiger partial charge is 0.383 e. The van der Waals surface area contributed by atoms with Crippen molar-refractivity contribution in [3.63, 3.8) is 0 Å². The zero-order chi connectivity index (χ0) is 10.8. The molecule has 0 aliphatic heterocycles. The molecule has 0 aliphatic carbocycles. The van der Waals surface area contributed by atoms with E-state index in [1.54, 1.807) is 17.1 Å². The molecule has 0 bridgehead atoms. The van der Waals surface area contributed by atoms with Crippen LogP contribution in [0.25, 0.3) is 11.3 Å². The SMILES string of the molecule is CCn1ncc(Cl)c1-c1cccnc1N. The molecule has 0 fully saturated rings. The Bertz CT molecular complexity index is 478. The normalized spacial score (nSPS) is 10.5. The lowest BCUT2D eigenvalue weighted by atomic mass is 10.2. The summed E-state index contributed by atoms with van der Waals surface area (Å²) >= 11 is 6.06. The molecule has 15 heavy (non-hydrogen) atoms. The van der Waals surface area contributed by atoms with Crippen LogP contribution in [0.2, 0.25) is 5.02 Å². The first-order valence-electron chi connectivity index (χ1n) is 4.66. The maximum absolute atomic E-state index is 6.06.